The van der Waals surface area contributed by atoms with Gasteiger partial charge in [0.05, 0.1) is 0 Å². The quantitative estimate of drug-likeness (QED) is 0.773. The number of carbonyl (C=O) groups excluding carboxylic acids is 1. The van der Waals surface area contributed by atoms with E-state index in [0.29, 0.717) is 5.92 Å². The summed E-state index contributed by atoms with van der Waals surface area (Å²) in [6.45, 7) is 7.26. The van der Waals surface area contributed by atoms with E-state index in [0.717, 1.165) is 13.0 Å². The van der Waals surface area contributed by atoms with Crippen LogP contribution in [0, 0.1) is 11.8 Å². The minimum atomic E-state index is 0. The summed E-state index contributed by atoms with van der Waals surface area (Å²) in [6, 6.07) is 0. The van der Waals surface area contributed by atoms with Crippen molar-refractivity contribution >= 4 is 5.91 Å². The van der Waals surface area contributed by atoms with E-state index in [-0.39, 0.29) is 13.3 Å². The van der Waals surface area contributed by atoms with Crippen molar-refractivity contribution in [1.82, 2.24) is 10.2 Å². The lowest BCUT2D eigenvalue weighted by atomic mass is 9.97. The fraction of sp³-hybridized carbons (Fsp3) is 0.917. The number of amides is 1. The summed E-state index contributed by atoms with van der Waals surface area (Å²) >= 11 is 0. The first-order chi connectivity index (χ1) is 7.13. The summed E-state index contributed by atoms with van der Waals surface area (Å²) in [5, 5.41) is 3.06. The maximum Gasteiger partial charge on any atom is 0.222 e. The number of likely N-dealkylation sites (tertiary alicyclic amines) is 1. The Labute approximate surface area is 94.7 Å². The van der Waals surface area contributed by atoms with Crippen LogP contribution >= 0.6 is 0 Å². The summed E-state index contributed by atoms with van der Waals surface area (Å²) < 4.78 is 0. The second-order valence-corrected chi connectivity index (χ2v) is 4.80. The van der Waals surface area contributed by atoms with E-state index in [4.69, 9.17) is 0 Å². The van der Waals surface area contributed by atoms with Gasteiger partial charge in [-0.25, -0.2) is 0 Å². The minimum Gasteiger partial charge on any atom is -0.356 e. The average molecular weight is 214 g/mol. The summed E-state index contributed by atoms with van der Waals surface area (Å²) in [5.74, 6) is 1.07. The predicted molar refractivity (Wildman–Crippen MR) is 64.8 cm³/mol. The van der Waals surface area contributed by atoms with Gasteiger partial charge in [-0.1, -0.05) is 13.8 Å². The van der Waals surface area contributed by atoms with Crippen LogP contribution in [0.5, 0.6) is 0 Å². The minimum absolute atomic E-state index is 0. The molecule has 15 heavy (non-hydrogen) atoms. The van der Waals surface area contributed by atoms with Gasteiger partial charge in [0, 0.05) is 13.9 Å². The third-order valence-electron chi connectivity index (χ3n) is 3.46. The summed E-state index contributed by atoms with van der Waals surface area (Å²) in [6.07, 6.45) is 3.37. The number of nitrogens with one attached hydrogen (secondary N) is 1. The number of hydrogen-bond acceptors (Lipinski definition) is 2. The van der Waals surface area contributed by atoms with Crippen LogP contribution in [-0.2, 0) is 4.79 Å². The van der Waals surface area contributed by atoms with Gasteiger partial charge in [0.15, 0.2) is 0 Å². The zero-order valence-electron chi connectivity index (χ0n) is 10.3. The lowest BCUT2D eigenvalue weighted by Gasteiger charge is -2.29. The van der Waals surface area contributed by atoms with Crippen molar-refractivity contribution < 1.29 is 6.22 Å². The summed E-state index contributed by atoms with van der Waals surface area (Å²) in [5.41, 5.74) is 0. The van der Waals surface area contributed by atoms with Crippen molar-refractivity contribution in [2.24, 2.45) is 11.8 Å². The highest BCUT2D eigenvalue weighted by Gasteiger charge is 2.18. The molecule has 0 aliphatic carbocycles. The van der Waals surface area contributed by atoms with Crippen molar-refractivity contribution in [3.63, 3.8) is 0 Å². The van der Waals surface area contributed by atoms with Gasteiger partial charge in [-0.05, 0) is 45.3 Å². The highest BCUT2D eigenvalue weighted by Crippen LogP contribution is 2.14. The normalized spacial score (nSPS) is 21.3. The van der Waals surface area contributed by atoms with E-state index in [2.05, 4.69) is 24.2 Å². The van der Waals surface area contributed by atoms with Gasteiger partial charge in [-0.15, -0.1) is 0 Å². The van der Waals surface area contributed by atoms with Crippen LogP contribution in [0.2, 0.25) is 0 Å². The summed E-state index contributed by atoms with van der Waals surface area (Å²) in [7, 11) is 2.16. The predicted octanol–water partition coefficient (Wildman–Crippen LogP) is 1.74. The summed E-state index contributed by atoms with van der Waals surface area (Å²) in [4.78, 5) is 13.9. The Hall–Kier alpha value is -0.570. The largest absolute Gasteiger partial charge is 0.356 e. The molecule has 1 heterocycles. The van der Waals surface area contributed by atoms with E-state index in [1.54, 1.807) is 0 Å². The van der Waals surface area contributed by atoms with Crippen LogP contribution in [0.1, 0.15) is 34.5 Å². The van der Waals surface area contributed by atoms with Gasteiger partial charge < -0.3 is 10.2 Å². The molecule has 0 aromatic heterocycles. The Kier molecular flexibility index (Phi) is 5.09. The number of nitrogens with zero attached hydrogens (tertiary/aromatic N) is 1. The first kappa shape index (κ1) is 12.5. The molecule has 1 amide bonds. The monoisotopic (exact) mass is 214 g/mol. The van der Waals surface area contributed by atoms with Crippen LogP contribution in [0.4, 0.5) is 0 Å². The van der Waals surface area contributed by atoms with Crippen molar-refractivity contribution in [1.29, 1.82) is 0 Å². The molecule has 3 heteroatoms. The van der Waals surface area contributed by atoms with Gasteiger partial charge in [0.2, 0.25) is 5.91 Å². The van der Waals surface area contributed by atoms with E-state index in [1.807, 2.05) is 6.92 Å². The second-order valence-electron chi connectivity index (χ2n) is 4.80. The van der Waals surface area contributed by atoms with Crippen LogP contribution in [0.15, 0.2) is 0 Å². The average Bonchev–Trinajstić information content (AvgIpc) is 2.26. The number of hydrogen-bond donors (Lipinski definition) is 1. The van der Waals surface area contributed by atoms with E-state index < -0.39 is 0 Å². The van der Waals surface area contributed by atoms with Gasteiger partial charge >= 0.3 is 0 Å². The Morgan fingerprint density at radius 3 is 2.67 bits per heavy atom. The smallest absolute Gasteiger partial charge is 0.222 e. The number of carbonyl (C=O) groups is 1. The zero-order valence-corrected chi connectivity index (χ0v) is 10.3. The van der Waals surface area contributed by atoms with Crippen LogP contribution in [-0.4, -0.2) is 37.5 Å². The van der Waals surface area contributed by atoms with E-state index in [9.17, 15) is 4.79 Å². The molecule has 1 unspecified atom stereocenters. The third-order valence-corrected chi connectivity index (χ3v) is 3.46. The standard InChI is InChI=1S/C12H24N2O.H2/c1-4-10(2)12(15)13-9-11-5-7-14(3)8-6-11;/h10-11H,4-9H2,1-3H3,(H,13,15);1H. The lowest BCUT2D eigenvalue weighted by Crippen LogP contribution is -2.38. The fourth-order valence-corrected chi connectivity index (χ4v) is 1.87. The Balaban J connectivity index is 0.00000225. The molecule has 1 fully saturated rings. The first-order valence-electron chi connectivity index (χ1n) is 6.09. The highest BCUT2D eigenvalue weighted by molar-refractivity contribution is 5.78. The van der Waals surface area contributed by atoms with Crippen molar-refractivity contribution in [3.05, 3.63) is 0 Å². The molecule has 3 nitrogen and oxygen atoms in total. The molecular formula is C12H26N2O. The maximum atomic E-state index is 11.6. The molecule has 1 aliphatic rings. The molecule has 0 spiro atoms. The zero-order chi connectivity index (χ0) is 11.3. The van der Waals surface area contributed by atoms with Gasteiger partial charge in [0.25, 0.3) is 0 Å². The molecule has 0 aromatic carbocycles. The second kappa shape index (κ2) is 6.11. The van der Waals surface area contributed by atoms with Crippen LogP contribution in [0.25, 0.3) is 0 Å². The SMILES string of the molecule is CCC(C)C(=O)NCC1CCN(C)CC1.[HH]. The molecule has 0 saturated carbocycles. The molecule has 0 bridgehead atoms. The van der Waals surface area contributed by atoms with E-state index >= 15 is 0 Å². The van der Waals surface area contributed by atoms with E-state index in [1.165, 1.54) is 25.9 Å². The Morgan fingerprint density at radius 1 is 1.53 bits per heavy atom. The molecule has 1 N–H and O–H groups in total. The van der Waals surface area contributed by atoms with Crippen molar-refractivity contribution in [2.75, 3.05) is 26.7 Å². The van der Waals surface area contributed by atoms with Gasteiger partial charge in [-0.3, -0.25) is 4.79 Å². The molecular weight excluding hydrogens is 188 g/mol. The Bertz CT molecular complexity index is 203. The van der Waals surface area contributed by atoms with Gasteiger partial charge in [-0.2, -0.15) is 0 Å². The molecule has 1 atom stereocenters. The van der Waals surface area contributed by atoms with Crippen LogP contribution in [0.3, 0.4) is 0 Å². The third kappa shape index (κ3) is 4.20. The van der Waals surface area contributed by atoms with Crippen LogP contribution < -0.4 is 5.32 Å². The highest BCUT2D eigenvalue weighted by atomic mass is 16.1. The van der Waals surface area contributed by atoms with Gasteiger partial charge in [0.1, 0.15) is 0 Å². The van der Waals surface area contributed by atoms with Crippen molar-refractivity contribution in [3.8, 4) is 0 Å². The lowest BCUT2D eigenvalue weighted by molar-refractivity contribution is -0.124. The first-order valence-corrected chi connectivity index (χ1v) is 6.09. The molecule has 1 rings (SSSR count). The number of rotatable bonds is 4. The maximum absolute atomic E-state index is 11.6. The topological polar surface area (TPSA) is 32.3 Å². The fourth-order valence-electron chi connectivity index (χ4n) is 1.87. The van der Waals surface area contributed by atoms with Crippen molar-refractivity contribution in [2.45, 2.75) is 33.1 Å². The molecule has 0 radical (unpaired) electrons. The molecule has 90 valence electrons. The molecule has 1 aliphatic heterocycles. The molecule has 0 aromatic rings. The molecule has 1 saturated heterocycles. The number of piperidine rings is 1. The Morgan fingerprint density at radius 2 is 2.13 bits per heavy atom.